The fourth-order valence-electron chi connectivity index (χ4n) is 4.36. The normalized spacial score (nSPS) is 17.3. The number of piperidine rings is 1. The quantitative estimate of drug-likeness (QED) is 0.235. The molecule has 0 radical (unpaired) electrons. The van der Waals surface area contributed by atoms with Gasteiger partial charge in [-0.3, -0.25) is 0 Å². The van der Waals surface area contributed by atoms with Gasteiger partial charge in [0.25, 0.3) is 0 Å². The zero-order chi connectivity index (χ0) is 25.0. The summed E-state index contributed by atoms with van der Waals surface area (Å²) < 4.78 is 50.1. The lowest BCUT2D eigenvalue weighted by Gasteiger charge is -2.30. The van der Waals surface area contributed by atoms with Crippen molar-refractivity contribution in [3.05, 3.63) is 52.8 Å². The molecule has 3 aromatic rings. The molecule has 0 saturated carbocycles. The topological polar surface area (TPSA) is 64.4 Å². The van der Waals surface area contributed by atoms with Crippen LogP contribution >= 0.6 is 23.4 Å². The smallest absolute Gasteiger partial charge is 0.243 e. The summed E-state index contributed by atoms with van der Waals surface area (Å²) in [5.41, 5.74) is 1.87. The molecule has 190 valence electrons. The molecular formula is C25H31ClFN3O3S2. The first-order valence-corrected chi connectivity index (χ1v) is 14.8. The summed E-state index contributed by atoms with van der Waals surface area (Å²) in [5, 5.41) is 1.07. The molecule has 10 heteroatoms. The molecule has 1 saturated heterocycles. The van der Waals surface area contributed by atoms with Crippen LogP contribution in [0.15, 0.2) is 46.5 Å². The molecule has 2 aromatic carbocycles. The summed E-state index contributed by atoms with van der Waals surface area (Å²) in [5.74, 6) is 0.310. The molecule has 4 rings (SSSR count). The Labute approximate surface area is 215 Å². The third-order valence-electron chi connectivity index (χ3n) is 6.22. The van der Waals surface area contributed by atoms with Crippen molar-refractivity contribution in [3.8, 4) is 0 Å². The number of imidazole rings is 1. The number of nitrogens with zero attached hydrogens (tertiary/aromatic N) is 3. The molecule has 35 heavy (non-hydrogen) atoms. The highest BCUT2D eigenvalue weighted by molar-refractivity contribution is 7.98. The SMILES string of the molecule is CCOCCCn1c(SCc2c(F)cccc2Cl)nc2cc(S(=O)(=O)N3CCCC(C)C3)ccc21. The van der Waals surface area contributed by atoms with Gasteiger partial charge in [0.2, 0.25) is 10.0 Å². The van der Waals surface area contributed by atoms with E-state index in [1.807, 2.05) is 17.6 Å². The van der Waals surface area contributed by atoms with Crippen molar-refractivity contribution < 1.29 is 17.5 Å². The number of rotatable bonds is 10. The van der Waals surface area contributed by atoms with Crippen LogP contribution in [0, 0.1) is 11.7 Å². The van der Waals surface area contributed by atoms with E-state index in [2.05, 4.69) is 6.92 Å². The second-order valence-electron chi connectivity index (χ2n) is 8.85. The number of fused-ring (bicyclic) bond motifs is 1. The average Bonchev–Trinajstić information content (AvgIpc) is 3.18. The first-order chi connectivity index (χ1) is 16.8. The standard InChI is InChI=1S/C25H31ClFN3O3S2/c1-3-33-14-6-13-30-24-11-10-19(35(31,32)29-12-5-7-18(2)16-29)15-23(24)28-25(30)34-17-20-21(26)8-4-9-22(20)27/h4,8-11,15,18H,3,5-7,12-14,16-17H2,1-2H3. The monoisotopic (exact) mass is 539 g/mol. The van der Waals surface area contributed by atoms with Crippen LogP contribution in [0.3, 0.4) is 0 Å². The zero-order valence-corrected chi connectivity index (χ0v) is 22.4. The van der Waals surface area contributed by atoms with E-state index in [4.69, 9.17) is 21.3 Å². The van der Waals surface area contributed by atoms with Gasteiger partial charge in [-0.15, -0.1) is 0 Å². The Bertz CT molecular complexity index is 1260. The van der Waals surface area contributed by atoms with Crippen LogP contribution in [-0.4, -0.2) is 48.6 Å². The number of ether oxygens (including phenoxy) is 1. The number of halogens is 2. The predicted octanol–water partition coefficient (Wildman–Crippen LogP) is 5.97. The van der Waals surface area contributed by atoms with Crippen LogP contribution in [0.2, 0.25) is 5.02 Å². The van der Waals surface area contributed by atoms with Gasteiger partial charge < -0.3 is 9.30 Å². The largest absolute Gasteiger partial charge is 0.382 e. The number of thioether (sulfide) groups is 1. The summed E-state index contributed by atoms with van der Waals surface area (Å²) in [4.78, 5) is 5.01. The van der Waals surface area contributed by atoms with E-state index in [0.29, 0.717) is 65.8 Å². The second kappa shape index (κ2) is 11.6. The molecule has 1 aliphatic rings. The first-order valence-electron chi connectivity index (χ1n) is 11.9. The molecule has 1 atom stereocenters. The van der Waals surface area contributed by atoms with E-state index in [-0.39, 0.29) is 10.7 Å². The number of sulfonamides is 1. The van der Waals surface area contributed by atoms with Crippen molar-refractivity contribution in [2.24, 2.45) is 5.92 Å². The summed E-state index contributed by atoms with van der Waals surface area (Å²) in [6.07, 6.45) is 2.69. The van der Waals surface area contributed by atoms with E-state index in [9.17, 15) is 12.8 Å². The molecule has 0 aliphatic carbocycles. The van der Waals surface area contributed by atoms with Gasteiger partial charge in [-0.2, -0.15) is 4.31 Å². The number of aromatic nitrogens is 2. The van der Waals surface area contributed by atoms with Gasteiger partial charge in [-0.25, -0.2) is 17.8 Å². The number of hydrogen-bond acceptors (Lipinski definition) is 5. The van der Waals surface area contributed by atoms with Crippen molar-refractivity contribution in [1.82, 2.24) is 13.9 Å². The van der Waals surface area contributed by atoms with Crippen LogP contribution < -0.4 is 0 Å². The highest BCUT2D eigenvalue weighted by Crippen LogP contribution is 2.32. The molecule has 6 nitrogen and oxygen atoms in total. The minimum atomic E-state index is -3.59. The fraction of sp³-hybridized carbons (Fsp3) is 0.480. The van der Waals surface area contributed by atoms with Gasteiger partial charge in [0.05, 0.1) is 15.9 Å². The first kappa shape index (κ1) is 26.4. The maximum Gasteiger partial charge on any atom is 0.243 e. The van der Waals surface area contributed by atoms with Crippen LogP contribution in [0.25, 0.3) is 11.0 Å². The highest BCUT2D eigenvalue weighted by atomic mass is 35.5. The molecule has 0 spiro atoms. The molecule has 0 bridgehead atoms. The minimum Gasteiger partial charge on any atom is -0.382 e. The average molecular weight is 540 g/mol. The van der Waals surface area contributed by atoms with E-state index in [1.54, 1.807) is 28.6 Å². The van der Waals surface area contributed by atoms with Crippen molar-refractivity contribution in [2.45, 2.75) is 55.5 Å². The van der Waals surface area contributed by atoms with Gasteiger partial charge >= 0.3 is 0 Å². The van der Waals surface area contributed by atoms with Crippen molar-refractivity contribution in [1.29, 1.82) is 0 Å². The van der Waals surface area contributed by atoms with Gasteiger partial charge in [0.15, 0.2) is 5.16 Å². The Morgan fingerprint density at radius 3 is 2.86 bits per heavy atom. The van der Waals surface area contributed by atoms with Gasteiger partial charge in [-0.1, -0.05) is 36.4 Å². The maximum atomic E-state index is 14.3. The molecular weight excluding hydrogens is 509 g/mol. The molecule has 1 fully saturated rings. The molecule has 2 heterocycles. The van der Waals surface area contributed by atoms with E-state index in [0.717, 1.165) is 24.8 Å². The Morgan fingerprint density at radius 1 is 1.29 bits per heavy atom. The van der Waals surface area contributed by atoms with Crippen molar-refractivity contribution in [2.75, 3.05) is 26.3 Å². The minimum absolute atomic E-state index is 0.256. The second-order valence-corrected chi connectivity index (χ2v) is 12.1. The van der Waals surface area contributed by atoms with E-state index < -0.39 is 10.0 Å². The predicted molar refractivity (Wildman–Crippen MR) is 139 cm³/mol. The Kier molecular flexibility index (Phi) is 8.76. The van der Waals surface area contributed by atoms with Crippen molar-refractivity contribution in [3.63, 3.8) is 0 Å². The van der Waals surface area contributed by atoms with Gasteiger partial charge in [-0.05, 0) is 62.4 Å². The molecule has 0 N–H and O–H groups in total. The molecule has 1 aliphatic heterocycles. The Balaban J connectivity index is 1.65. The lowest BCUT2D eigenvalue weighted by atomic mass is 10.0. The van der Waals surface area contributed by atoms with Crippen molar-refractivity contribution >= 4 is 44.4 Å². The Morgan fingerprint density at radius 2 is 2.11 bits per heavy atom. The molecule has 1 unspecified atom stereocenters. The molecule has 1 aromatic heterocycles. The Hall–Kier alpha value is -1.65. The van der Waals surface area contributed by atoms with Gasteiger partial charge in [0.1, 0.15) is 5.82 Å². The van der Waals surface area contributed by atoms with E-state index >= 15 is 0 Å². The third-order valence-corrected chi connectivity index (χ3v) is 9.44. The van der Waals surface area contributed by atoms with Crippen LogP contribution in [0.4, 0.5) is 4.39 Å². The summed E-state index contributed by atoms with van der Waals surface area (Å²) in [6, 6.07) is 9.79. The summed E-state index contributed by atoms with van der Waals surface area (Å²) in [6.45, 7) is 7.03. The highest BCUT2D eigenvalue weighted by Gasteiger charge is 2.29. The summed E-state index contributed by atoms with van der Waals surface area (Å²) in [7, 11) is -3.59. The van der Waals surface area contributed by atoms with Crippen LogP contribution in [0.1, 0.15) is 38.7 Å². The lowest BCUT2D eigenvalue weighted by molar-refractivity contribution is 0.141. The number of hydrogen-bond donors (Lipinski definition) is 0. The lowest BCUT2D eigenvalue weighted by Crippen LogP contribution is -2.39. The van der Waals surface area contributed by atoms with E-state index in [1.165, 1.54) is 17.8 Å². The molecule has 0 amide bonds. The van der Waals surface area contributed by atoms with Gasteiger partial charge in [0, 0.05) is 49.2 Å². The number of benzene rings is 2. The summed E-state index contributed by atoms with van der Waals surface area (Å²) >= 11 is 7.61. The fourth-order valence-corrected chi connectivity index (χ4v) is 7.37. The van der Waals surface area contributed by atoms with Crippen LogP contribution in [-0.2, 0) is 27.1 Å². The maximum absolute atomic E-state index is 14.3. The zero-order valence-electron chi connectivity index (χ0n) is 20.0. The van der Waals surface area contributed by atoms with Crippen LogP contribution in [0.5, 0.6) is 0 Å². The third kappa shape index (κ3) is 6.02. The number of aryl methyl sites for hydroxylation is 1.